The van der Waals surface area contributed by atoms with E-state index in [1.54, 1.807) is 12.3 Å². The number of ether oxygens (including phenoxy) is 1. The second kappa shape index (κ2) is 7.69. The van der Waals surface area contributed by atoms with Gasteiger partial charge in [0.05, 0.1) is 27.7 Å². The molecule has 1 aromatic carbocycles. The van der Waals surface area contributed by atoms with Crippen molar-refractivity contribution in [2.45, 2.75) is 42.2 Å². The molecule has 6 nitrogen and oxygen atoms in total. The summed E-state index contributed by atoms with van der Waals surface area (Å²) in [5.41, 5.74) is -0.471. The number of thiazole rings is 1. The predicted molar refractivity (Wildman–Crippen MR) is 99.4 cm³/mol. The van der Waals surface area contributed by atoms with Crippen LogP contribution >= 0.6 is 11.3 Å². The van der Waals surface area contributed by atoms with Crippen molar-refractivity contribution in [1.82, 2.24) is 4.98 Å². The summed E-state index contributed by atoms with van der Waals surface area (Å²) < 4.78 is 72.2. The maximum Gasteiger partial charge on any atom is 0.417 e. The maximum absolute atomic E-state index is 13.7. The second-order valence-corrected chi connectivity index (χ2v) is 9.91. The first-order valence-corrected chi connectivity index (χ1v) is 11.0. The van der Waals surface area contributed by atoms with Gasteiger partial charge < -0.3 is 9.84 Å². The number of methoxy groups -OCH3 is 1. The Morgan fingerprint density at radius 1 is 1.31 bits per heavy atom. The highest BCUT2D eigenvalue weighted by molar-refractivity contribution is 7.92. The average molecular weight is 449 g/mol. The summed E-state index contributed by atoms with van der Waals surface area (Å²) in [6.07, 6.45) is -6.27. The second-order valence-electron chi connectivity index (χ2n) is 6.86. The molecule has 1 saturated carbocycles. The maximum atomic E-state index is 13.7. The highest BCUT2D eigenvalue weighted by atomic mass is 32.2. The minimum absolute atomic E-state index is 0.166. The average Bonchev–Trinajstić information content (AvgIpc) is 3.27. The van der Waals surface area contributed by atoms with Gasteiger partial charge in [-0.15, -0.1) is 11.3 Å². The van der Waals surface area contributed by atoms with Crippen LogP contribution in [0.4, 0.5) is 13.2 Å². The van der Waals surface area contributed by atoms with Crippen LogP contribution < -0.4 is 0 Å². The molecule has 0 bridgehead atoms. The van der Waals surface area contributed by atoms with Crippen molar-refractivity contribution in [1.29, 1.82) is 0 Å². The van der Waals surface area contributed by atoms with Crippen LogP contribution in [0.3, 0.4) is 0 Å². The molecule has 1 aliphatic rings. The number of carboxylic acid groups (broad SMARTS) is 1. The molecule has 1 aliphatic carbocycles. The smallest absolute Gasteiger partial charge is 0.417 e. The first-order valence-electron chi connectivity index (χ1n) is 8.58. The fraction of sp³-hybridized carbons (Fsp3) is 0.444. The van der Waals surface area contributed by atoms with Crippen molar-refractivity contribution in [2.75, 3.05) is 7.11 Å². The Balaban J connectivity index is 2.06. The third-order valence-electron chi connectivity index (χ3n) is 4.98. The number of carboxylic acids is 1. The van der Waals surface area contributed by atoms with Crippen molar-refractivity contribution in [3.8, 4) is 10.6 Å². The molecule has 3 atom stereocenters. The number of halogens is 3. The van der Waals surface area contributed by atoms with E-state index in [4.69, 9.17) is 4.74 Å². The van der Waals surface area contributed by atoms with Crippen LogP contribution in [-0.4, -0.2) is 42.9 Å². The summed E-state index contributed by atoms with van der Waals surface area (Å²) in [7, 11) is -3.18. The first-order chi connectivity index (χ1) is 13.4. The van der Waals surface area contributed by atoms with Crippen LogP contribution in [0.15, 0.2) is 28.5 Å². The lowest BCUT2D eigenvalue weighted by Gasteiger charge is -2.18. The molecule has 1 N–H and O–H groups in total. The van der Waals surface area contributed by atoms with Crippen LogP contribution in [0.5, 0.6) is 0 Å². The molecule has 11 heteroatoms. The normalized spacial score (nSPS) is 22.7. The van der Waals surface area contributed by atoms with E-state index in [1.807, 2.05) is 0 Å². The summed E-state index contributed by atoms with van der Waals surface area (Å²) in [5.74, 6) is -2.33. The van der Waals surface area contributed by atoms with E-state index in [2.05, 4.69) is 4.98 Å². The van der Waals surface area contributed by atoms with Crippen LogP contribution in [-0.2, 0) is 25.5 Å². The third-order valence-corrected chi connectivity index (χ3v) is 8.22. The van der Waals surface area contributed by atoms with Gasteiger partial charge in [-0.3, -0.25) is 4.79 Å². The predicted octanol–water partition coefficient (Wildman–Crippen LogP) is 3.79. The van der Waals surface area contributed by atoms with Crippen molar-refractivity contribution in [3.63, 3.8) is 0 Å². The molecule has 1 fully saturated rings. The molecule has 0 amide bonds. The number of aryl methyl sites for hydroxylation is 1. The number of carbonyl (C=O) groups is 1. The number of hydrogen-bond donors (Lipinski definition) is 1. The van der Waals surface area contributed by atoms with Crippen LogP contribution in [0, 0.1) is 12.8 Å². The molecular weight excluding hydrogens is 431 g/mol. The largest absolute Gasteiger partial charge is 0.481 e. The topological polar surface area (TPSA) is 93.6 Å². The van der Waals surface area contributed by atoms with Crippen molar-refractivity contribution in [3.05, 3.63) is 34.8 Å². The van der Waals surface area contributed by atoms with E-state index >= 15 is 0 Å². The van der Waals surface area contributed by atoms with E-state index in [-0.39, 0.29) is 18.4 Å². The van der Waals surface area contributed by atoms with Gasteiger partial charge in [-0.25, -0.2) is 13.4 Å². The van der Waals surface area contributed by atoms with Gasteiger partial charge in [0.2, 0.25) is 0 Å². The molecule has 0 saturated heterocycles. The highest BCUT2D eigenvalue weighted by Gasteiger charge is 2.47. The highest BCUT2D eigenvalue weighted by Crippen LogP contribution is 2.42. The summed E-state index contributed by atoms with van der Waals surface area (Å²) in [4.78, 5) is 14.6. The van der Waals surface area contributed by atoms with E-state index < -0.39 is 49.7 Å². The zero-order valence-electron chi connectivity index (χ0n) is 15.4. The Morgan fingerprint density at radius 2 is 2.00 bits per heavy atom. The Bertz CT molecular complexity index is 1030. The van der Waals surface area contributed by atoms with Gasteiger partial charge in [0.15, 0.2) is 9.84 Å². The molecule has 0 radical (unpaired) electrons. The summed E-state index contributed by atoms with van der Waals surface area (Å²) in [5, 5.41) is 10.0. The van der Waals surface area contributed by atoms with Crippen LogP contribution in [0.1, 0.15) is 24.1 Å². The Morgan fingerprint density at radius 3 is 2.48 bits per heavy atom. The summed E-state index contributed by atoms with van der Waals surface area (Å²) in [6.45, 7) is 1.70. The lowest BCUT2D eigenvalue weighted by Crippen LogP contribution is -2.24. The fourth-order valence-corrected chi connectivity index (χ4v) is 6.32. The third kappa shape index (κ3) is 4.17. The summed E-state index contributed by atoms with van der Waals surface area (Å²) in [6, 6.07) is 3.00. The van der Waals surface area contributed by atoms with Gasteiger partial charge >= 0.3 is 12.1 Å². The fourth-order valence-electron chi connectivity index (χ4n) is 3.53. The summed E-state index contributed by atoms with van der Waals surface area (Å²) >= 11 is 1.16. The SMILES string of the molecule is CO[C@@H]1C[C@H](S(=O)(=O)c2ccc(-c3nc(C)cs3)cc2C(F)(F)F)C[C@H]1C(=O)O. The Kier molecular flexibility index (Phi) is 5.76. The van der Waals surface area contributed by atoms with Gasteiger partial charge in [0.25, 0.3) is 0 Å². The van der Waals surface area contributed by atoms with Gasteiger partial charge in [-0.1, -0.05) is 6.07 Å². The molecule has 3 rings (SSSR count). The molecule has 0 unspecified atom stereocenters. The van der Waals surface area contributed by atoms with E-state index in [0.29, 0.717) is 10.7 Å². The standard InChI is InChI=1S/C18H18F3NO5S2/c1-9-8-28-16(22-9)10-3-4-15(13(5-10)18(19,20)21)29(25,26)11-6-12(17(23)24)14(7-11)27-2/h3-5,8,11-12,14H,6-7H2,1-2H3,(H,23,24)/t11-,12-,14-/m1/s1. The molecule has 2 aromatic rings. The van der Waals surface area contributed by atoms with Crippen molar-refractivity contribution >= 4 is 27.1 Å². The Labute approximate surface area is 169 Å². The lowest BCUT2D eigenvalue weighted by atomic mass is 10.1. The van der Waals surface area contributed by atoms with Crippen LogP contribution in [0.2, 0.25) is 0 Å². The molecule has 1 aromatic heterocycles. The number of aliphatic carboxylic acids is 1. The van der Waals surface area contributed by atoms with Crippen molar-refractivity contribution < 1.29 is 36.2 Å². The molecule has 158 valence electrons. The Hall–Kier alpha value is -1.98. The minimum atomic E-state index is -4.91. The number of hydrogen-bond acceptors (Lipinski definition) is 6. The number of alkyl halides is 3. The minimum Gasteiger partial charge on any atom is -0.481 e. The lowest BCUT2D eigenvalue weighted by molar-refractivity contribution is -0.145. The number of benzene rings is 1. The van der Waals surface area contributed by atoms with Gasteiger partial charge in [0.1, 0.15) is 5.01 Å². The quantitative estimate of drug-likeness (QED) is 0.747. The van der Waals surface area contributed by atoms with Gasteiger partial charge in [0, 0.05) is 23.7 Å². The molecule has 0 spiro atoms. The zero-order valence-corrected chi connectivity index (χ0v) is 17.1. The molecule has 29 heavy (non-hydrogen) atoms. The molecule has 1 heterocycles. The monoisotopic (exact) mass is 449 g/mol. The van der Waals surface area contributed by atoms with E-state index in [9.17, 15) is 31.5 Å². The van der Waals surface area contributed by atoms with Gasteiger partial charge in [-0.05, 0) is 31.9 Å². The first kappa shape index (κ1) is 21.7. The van der Waals surface area contributed by atoms with Gasteiger partial charge in [-0.2, -0.15) is 13.2 Å². The van der Waals surface area contributed by atoms with E-state index in [1.165, 1.54) is 13.2 Å². The number of sulfone groups is 1. The zero-order chi connectivity index (χ0) is 21.6. The van der Waals surface area contributed by atoms with Crippen molar-refractivity contribution in [2.24, 2.45) is 5.92 Å². The van der Waals surface area contributed by atoms with E-state index in [0.717, 1.165) is 23.5 Å². The van der Waals surface area contributed by atoms with Crippen LogP contribution in [0.25, 0.3) is 10.6 Å². The number of nitrogens with zero attached hydrogens (tertiary/aromatic N) is 1. The number of aromatic nitrogens is 1. The molecular formula is C18H18F3NO5S2. The number of rotatable bonds is 5. The molecule has 0 aliphatic heterocycles.